The largest absolute Gasteiger partial charge is 0.497 e. The summed E-state index contributed by atoms with van der Waals surface area (Å²) in [4.78, 5) is 0. The van der Waals surface area contributed by atoms with E-state index in [0.29, 0.717) is 0 Å². The van der Waals surface area contributed by atoms with Gasteiger partial charge in [0.1, 0.15) is 5.75 Å². The molecule has 0 radical (unpaired) electrons. The fraction of sp³-hybridized carbons (Fsp3) is 0.263. The molecule has 0 bridgehead atoms. The first-order chi connectivity index (χ1) is 12.1. The van der Waals surface area contributed by atoms with Crippen LogP contribution in [0.1, 0.15) is 24.7 Å². The zero-order valence-electron chi connectivity index (χ0n) is 14.4. The Hall–Kier alpha value is -1.98. The Labute approximate surface area is 157 Å². The van der Waals surface area contributed by atoms with Crippen molar-refractivity contribution in [3.63, 3.8) is 0 Å². The molecule has 2 aromatic carbocycles. The Morgan fingerprint density at radius 2 is 1.84 bits per heavy atom. The van der Waals surface area contributed by atoms with E-state index in [1.807, 2.05) is 42.5 Å². The van der Waals surface area contributed by atoms with Crippen molar-refractivity contribution in [3.05, 3.63) is 59.1 Å². The van der Waals surface area contributed by atoms with Crippen LogP contribution in [0.25, 0.3) is 11.4 Å². The maximum atomic E-state index is 6.32. The molecule has 0 fully saturated rings. The van der Waals surface area contributed by atoms with Crippen molar-refractivity contribution in [2.75, 3.05) is 7.11 Å². The van der Waals surface area contributed by atoms with E-state index < -0.39 is 0 Å². The van der Waals surface area contributed by atoms with Gasteiger partial charge in [0, 0.05) is 22.4 Å². The Morgan fingerprint density at radius 3 is 2.48 bits per heavy atom. The molecule has 1 atom stereocenters. The zero-order valence-corrected chi connectivity index (χ0v) is 16.0. The third-order valence-corrected chi connectivity index (χ3v) is 5.47. The van der Waals surface area contributed by atoms with Crippen LogP contribution in [0.4, 0.5) is 0 Å². The van der Waals surface area contributed by atoms with E-state index in [1.165, 1.54) is 0 Å². The molecule has 4 nitrogen and oxygen atoms in total. The second-order valence-electron chi connectivity index (χ2n) is 5.56. The van der Waals surface area contributed by atoms with Crippen molar-refractivity contribution in [2.45, 2.75) is 30.8 Å². The van der Waals surface area contributed by atoms with Crippen LogP contribution in [0.5, 0.6) is 5.75 Å². The van der Waals surface area contributed by atoms with Gasteiger partial charge in [-0.1, -0.05) is 41.6 Å². The molecule has 6 heteroatoms. The topological polar surface area (TPSA) is 39.9 Å². The predicted octanol–water partition coefficient (Wildman–Crippen LogP) is 5.48. The second-order valence-corrected chi connectivity index (χ2v) is 7.28. The number of ether oxygens (including phenoxy) is 1. The highest BCUT2D eigenvalue weighted by Gasteiger charge is 2.18. The first-order valence-corrected chi connectivity index (χ1v) is 9.38. The number of aromatic nitrogens is 3. The number of thioether (sulfide) groups is 1. The standard InChI is InChI=1S/C19H20ClN3OS/c1-4-23-18(14-9-11-15(24-3)12-10-14)21-22-19(23)25-13(2)16-7-5-6-8-17(16)20/h5-13H,4H2,1-3H3/t13-/m0/s1. The summed E-state index contributed by atoms with van der Waals surface area (Å²) in [5, 5.41) is 10.7. The molecule has 0 aliphatic carbocycles. The first kappa shape index (κ1) is 17.8. The van der Waals surface area contributed by atoms with Crippen LogP contribution >= 0.6 is 23.4 Å². The molecule has 0 unspecified atom stereocenters. The lowest BCUT2D eigenvalue weighted by molar-refractivity contribution is 0.415. The highest BCUT2D eigenvalue weighted by Crippen LogP contribution is 2.38. The van der Waals surface area contributed by atoms with Crippen molar-refractivity contribution < 1.29 is 4.74 Å². The van der Waals surface area contributed by atoms with Crippen molar-refractivity contribution in [1.82, 2.24) is 14.8 Å². The van der Waals surface area contributed by atoms with Gasteiger partial charge in [-0.2, -0.15) is 0 Å². The molecule has 1 aromatic heterocycles. The predicted molar refractivity (Wildman–Crippen MR) is 103 cm³/mol. The first-order valence-electron chi connectivity index (χ1n) is 8.12. The van der Waals surface area contributed by atoms with Gasteiger partial charge in [0.15, 0.2) is 11.0 Å². The van der Waals surface area contributed by atoms with Crippen molar-refractivity contribution in [2.24, 2.45) is 0 Å². The highest BCUT2D eigenvalue weighted by atomic mass is 35.5. The fourth-order valence-corrected chi connectivity index (χ4v) is 4.08. The van der Waals surface area contributed by atoms with E-state index in [9.17, 15) is 0 Å². The molecule has 0 N–H and O–H groups in total. The van der Waals surface area contributed by atoms with Crippen molar-refractivity contribution in [1.29, 1.82) is 0 Å². The molecule has 0 amide bonds. The molecule has 130 valence electrons. The van der Waals surface area contributed by atoms with E-state index >= 15 is 0 Å². The van der Waals surface area contributed by atoms with Crippen molar-refractivity contribution >= 4 is 23.4 Å². The molecule has 0 saturated heterocycles. The Kier molecular flexibility index (Phi) is 5.66. The average Bonchev–Trinajstić information content (AvgIpc) is 3.04. The third kappa shape index (κ3) is 3.83. The van der Waals surface area contributed by atoms with Gasteiger partial charge in [-0.15, -0.1) is 10.2 Å². The molecule has 1 heterocycles. The Bertz CT molecular complexity index is 848. The van der Waals surface area contributed by atoms with E-state index in [4.69, 9.17) is 16.3 Å². The number of methoxy groups -OCH3 is 1. The lowest BCUT2D eigenvalue weighted by atomic mass is 10.2. The summed E-state index contributed by atoms with van der Waals surface area (Å²) in [6.07, 6.45) is 0. The lowest BCUT2D eigenvalue weighted by Crippen LogP contribution is -2.01. The normalized spacial score (nSPS) is 12.2. The molecule has 0 aliphatic heterocycles. The summed E-state index contributed by atoms with van der Waals surface area (Å²) >= 11 is 7.99. The lowest BCUT2D eigenvalue weighted by Gasteiger charge is -2.14. The van der Waals surface area contributed by atoms with Crippen LogP contribution in [0.3, 0.4) is 0 Å². The molecule has 3 aromatic rings. The Morgan fingerprint density at radius 1 is 1.12 bits per heavy atom. The average molecular weight is 374 g/mol. The fourth-order valence-electron chi connectivity index (χ4n) is 2.64. The summed E-state index contributed by atoms with van der Waals surface area (Å²) < 4.78 is 7.35. The molecule has 0 spiro atoms. The van der Waals surface area contributed by atoms with Gasteiger partial charge in [0.25, 0.3) is 0 Å². The monoisotopic (exact) mass is 373 g/mol. The summed E-state index contributed by atoms with van der Waals surface area (Å²) in [5.41, 5.74) is 2.12. The number of benzene rings is 2. The maximum absolute atomic E-state index is 6.32. The summed E-state index contributed by atoms with van der Waals surface area (Å²) in [6, 6.07) is 15.8. The van der Waals surface area contributed by atoms with E-state index in [2.05, 4.69) is 34.7 Å². The number of halogens is 1. The minimum Gasteiger partial charge on any atom is -0.497 e. The Balaban J connectivity index is 1.88. The second kappa shape index (κ2) is 7.93. The van der Waals surface area contributed by atoms with Gasteiger partial charge in [-0.25, -0.2) is 0 Å². The van der Waals surface area contributed by atoms with Crippen LogP contribution in [-0.4, -0.2) is 21.9 Å². The van der Waals surface area contributed by atoms with Crippen LogP contribution < -0.4 is 4.74 Å². The number of hydrogen-bond donors (Lipinski definition) is 0. The van der Waals surface area contributed by atoms with Crippen molar-refractivity contribution in [3.8, 4) is 17.1 Å². The van der Waals surface area contributed by atoms with Crippen LogP contribution in [0, 0.1) is 0 Å². The molecule has 25 heavy (non-hydrogen) atoms. The SMILES string of the molecule is CCn1c(S[C@@H](C)c2ccccc2Cl)nnc1-c1ccc(OC)cc1. The van der Waals surface area contributed by atoms with Gasteiger partial charge in [-0.3, -0.25) is 0 Å². The number of rotatable bonds is 6. The third-order valence-electron chi connectivity index (χ3n) is 4.01. The van der Waals surface area contributed by atoms with Gasteiger partial charge < -0.3 is 9.30 Å². The van der Waals surface area contributed by atoms with Crippen LogP contribution in [-0.2, 0) is 6.54 Å². The minimum atomic E-state index is 0.187. The zero-order chi connectivity index (χ0) is 17.8. The van der Waals surface area contributed by atoms with E-state index in [0.717, 1.165) is 39.4 Å². The molecule has 0 saturated carbocycles. The molecular formula is C19H20ClN3OS. The smallest absolute Gasteiger partial charge is 0.192 e. The summed E-state index contributed by atoms with van der Waals surface area (Å²) in [6.45, 7) is 5.03. The van der Waals surface area contributed by atoms with Gasteiger partial charge >= 0.3 is 0 Å². The number of hydrogen-bond acceptors (Lipinski definition) is 4. The van der Waals surface area contributed by atoms with Gasteiger partial charge in [0.05, 0.1) is 7.11 Å². The summed E-state index contributed by atoms with van der Waals surface area (Å²) in [5.74, 6) is 1.69. The summed E-state index contributed by atoms with van der Waals surface area (Å²) in [7, 11) is 1.66. The van der Waals surface area contributed by atoms with E-state index in [-0.39, 0.29) is 5.25 Å². The van der Waals surface area contributed by atoms with Crippen LogP contribution in [0.15, 0.2) is 53.7 Å². The van der Waals surface area contributed by atoms with Gasteiger partial charge in [0.2, 0.25) is 0 Å². The van der Waals surface area contributed by atoms with E-state index in [1.54, 1.807) is 18.9 Å². The number of nitrogens with zero attached hydrogens (tertiary/aromatic N) is 3. The maximum Gasteiger partial charge on any atom is 0.192 e. The molecular weight excluding hydrogens is 354 g/mol. The molecule has 3 rings (SSSR count). The molecule has 0 aliphatic rings. The quantitative estimate of drug-likeness (QED) is 0.536. The highest BCUT2D eigenvalue weighted by molar-refractivity contribution is 7.99. The van der Waals surface area contributed by atoms with Gasteiger partial charge in [-0.05, 0) is 49.7 Å². The minimum absolute atomic E-state index is 0.187. The van der Waals surface area contributed by atoms with Crippen LogP contribution in [0.2, 0.25) is 5.02 Å².